The molecule has 0 fully saturated rings. The predicted molar refractivity (Wildman–Crippen MR) is 80.9 cm³/mol. The van der Waals surface area contributed by atoms with Crippen molar-refractivity contribution in [2.75, 3.05) is 14.2 Å². The number of amides is 2. The highest BCUT2D eigenvalue weighted by molar-refractivity contribution is 6.39. The first-order valence-corrected chi connectivity index (χ1v) is 6.90. The van der Waals surface area contributed by atoms with E-state index in [4.69, 9.17) is 9.47 Å². The summed E-state index contributed by atoms with van der Waals surface area (Å²) in [4.78, 5) is 23.1. The Bertz CT molecular complexity index is 625. The molecular formula is C15H19N3O4. The van der Waals surface area contributed by atoms with E-state index in [0.717, 1.165) is 16.9 Å². The molecule has 2 amide bonds. The Morgan fingerprint density at radius 3 is 2.59 bits per heavy atom. The van der Waals surface area contributed by atoms with Gasteiger partial charge in [0.15, 0.2) is 0 Å². The van der Waals surface area contributed by atoms with Crippen LogP contribution in [0.4, 0.5) is 0 Å². The minimum Gasteiger partial charge on any atom is -0.496 e. The number of methoxy groups -OCH3 is 2. The van der Waals surface area contributed by atoms with Gasteiger partial charge in [-0.3, -0.25) is 9.59 Å². The second kappa shape index (κ2) is 6.93. The molecule has 0 atom stereocenters. The third-order valence-electron chi connectivity index (χ3n) is 3.40. The van der Waals surface area contributed by atoms with Crippen molar-refractivity contribution in [3.63, 3.8) is 0 Å². The molecular weight excluding hydrogens is 286 g/mol. The number of nitrogens with one attached hydrogen (secondary N) is 2. The molecule has 118 valence electrons. The molecule has 0 aliphatic carbocycles. The van der Waals surface area contributed by atoms with E-state index in [1.807, 2.05) is 19.1 Å². The zero-order valence-corrected chi connectivity index (χ0v) is 12.9. The number of hydrazone groups is 1. The maximum Gasteiger partial charge on any atom is 0.267 e. The van der Waals surface area contributed by atoms with Crippen molar-refractivity contribution < 1.29 is 19.1 Å². The summed E-state index contributed by atoms with van der Waals surface area (Å²) >= 11 is 0. The summed E-state index contributed by atoms with van der Waals surface area (Å²) in [5.41, 5.74) is 4.38. The molecule has 1 aromatic rings. The van der Waals surface area contributed by atoms with Gasteiger partial charge in [0.1, 0.15) is 17.2 Å². The summed E-state index contributed by atoms with van der Waals surface area (Å²) < 4.78 is 10.6. The number of aryl methyl sites for hydroxylation is 1. The van der Waals surface area contributed by atoms with Crippen LogP contribution in [0.25, 0.3) is 0 Å². The molecule has 1 aliphatic heterocycles. The number of nitrogens with zero attached hydrogens (tertiary/aromatic N) is 1. The van der Waals surface area contributed by atoms with E-state index in [1.165, 1.54) is 0 Å². The zero-order chi connectivity index (χ0) is 16.1. The van der Waals surface area contributed by atoms with Crippen molar-refractivity contribution in [1.82, 2.24) is 10.7 Å². The van der Waals surface area contributed by atoms with Gasteiger partial charge < -0.3 is 14.8 Å². The third kappa shape index (κ3) is 3.55. The van der Waals surface area contributed by atoms with Crippen LogP contribution in [0, 0.1) is 6.92 Å². The maximum atomic E-state index is 12.0. The first kappa shape index (κ1) is 15.8. The summed E-state index contributed by atoms with van der Waals surface area (Å²) in [6.45, 7) is 2.20. The number of ether oxygens (including phenoxy) is 2. The minimum absolute atomic E-state index is 0.179. The number of carbonyl (C=O) groups is 2. The van der Waals surface area contributed by atoms with Gasteiger partial charge in [0, 0.05) is 24.9 Å². The van der Waals surface area contributed by atoms with Crippen LogP contribution in [0.15, 0.2) is 17.2 Å². The molecule has 1 aliphatic rings. The predicted octanol–water partition coefficient (Wildman–Crippen LogP) is 0.894. The molecule has 0 unspecified atom stereocenters. The summed E-state index contributed by atoms with van der Waals surface area (Å²) in [7, 11) is 3.17. The van der Waals surface area contributed by atoms with Gasteiger partial charge in [-0.25, -0.2) is 5.43 Å². The van der Waals surface area contributed by atoms with Gasteiger partial charge in [0.2, 0.25) is 5.91 Å². The fraction of sp³-hybridized carbons (Fsp3) is 0.400. The average Bonchev–Trinajstić information content (AvgIpc) is 2.53. The van der Waals surface area contributed by atoms with Gasteiger partial charge >= 0.3 is 0 Å². The van der Waals surface area contributed by atoms with Crippen molar-refractivity contribution in [2.24, 2.45) is 5.10 Å². The lowest BCUT2D eigenvalue weighted by molar-refractivity contribution is -0.121. The molecule has 0 spiro atoms. The highest BCUT2D eigenvalue weighted by atomic mass is 16.5. The van der Waals surface area contributed by atoms with Gasteiger partial charge in [0.05, 0.1) is 14.2 Å². The van der Waals surface area contributed by atoms with E-state index in [0.29, 0.717) is 17.9 Å². The topological polar surface area (TPSA) is 89.0 Å². The lowest BCUT2D eigenvalue weighted by atomic mass is 10.1. The summed E-state index contributed by atoms with van der Waals surface area (Å²) in [5.74, 6) is 0.924. The average molecular weight is 305 g/mol. The Morgan fingerprint density at radius 1 is 1.27 bits per heavy atom. The number of rotatable bonds is 5. The van der Waals surface area contributed by atoms with Gasteiger partial charge in [-0.1, -0.05) is 0 Å². The monoisotopic (exact) mass is 305 g/mol. The summed E-state index contributed by atoms with van der Waals surface area (Å²) in [6.07, 6.45) is 0.611. The highest BCUT2D eigenvalue weighted by Gasteiger charge is 2.18. The Morgan fingerprint density at radius 2 is 2.00 bits per heavy atom. The van der Waals surface area contributed by atoms with Crippen LogP contribution in [0.5, 0.6) is 11.5 Å². The molecule has 7 nitrogen and oxygen atoms in total. The fourth-order valence-corrected chi connectivity index (χ4v) is 2.17. The standard InChI is InChI=1S/C15H19N3O4/c1-9-6-13(22-3)10(7-12(9)21-2)8-16-15(20)11-4-5-14(19)18-17-11/h6-7H,4-5,8H2,1-3H3,(H,16,20)(H,18,19). The van der Waals surface area contributed by atoms with Crippen LogP contribution in [0.2, 0.25) is 0 Å². The largest absolute Gasteiger partial charge is 0.496 e. The van der Waals surface area contributed by atoms with E-state index >= 15 is 0 Å². The van der Waals surface area contributed by atoms with Crippen molar-refractivity contribution in [3.05, 3.63) is 23.3 Å². The molecule has 0 bridgehead atoms. The molecule has 0 saturated heterocycles. The molecule has 22 heavy (non-hydrogen) atoms. The van der Waals surface area contributed by atoms with Crippen LogP contribution in [-0.4, -0.2) is 31.7 Å². The van der Waals surface area contributed by atoms with Crippen molar-refractivity contribution >= 4 is 17.5 Å². The van der Waals surface area contributed by atoms with Gasteiger partial charge in [0.25, 0.3) is 5.91 Å². The molecule has 7 heteroatoms. The molecule has 0 aromatic heterocycles. The van der Waals surface area contributed by atoms with Crippen LogP contribution >= 0.6 is 0 Å². The van der Waals surface area contributed by atoms with Crippen molar-refractivity contribution in [1.29, 1.82) is 0 Å². The van der Waals surface area contributed by atoms with E-state index in [1.54, 1.807) is 14.2 Å². The summed E-state index contributed by atoms with van der Waals surface area (Å²) in [6, 6.07) is 3.69. The maximum absolute atomic E-state index is 12.0. The van der Waals surface area contributed by atoms with Crippen LogP contribution in [-0.2, 0) is 16.1 Å². The van der Waals surface area contributed by atoms with E-state index in [-0.39, 0.29) is 24.8 Å². The molecule has 1 heterocycles. The first-order chi connectivity index (χ1) is 10.5. The van der Waals surface area contributed by atoms with Crippen LogP contribution in [0.1, 0.15) is 24.0 Å². The van der Waals surface area contributed by atoms with E-state index in [2.05, 4.69) is 15.8 Å². The zero-order valence-electron chi connectivity index (χ0n) is 12.9. The second-order valence-electron chi connectivity index (χ2n) is 4.91. The quantitative estimate of drug-likeness (QED) is 0.845. The lowest BCUT2D eigenvalue weighted by Gasteiger charge is -2.15. The molecule has 0 radical (unpaired) electrons. The number of hydrogen-bond acceptors (Lipinski definition) is 5. The third-order valence-corrected chi connectivity index (χ3v) is 3.40. The highest BCUT2D eigenvalue weighted by Crippen LogP contribution is 2.28. The summed E-state index contributed by atoms with van der Waals surface area (Å²) in [5, 5.41) is 6.53. The Balaban J connectivity index is 2.07. The van der Waals surface area contributed by atoms with Gasteiger partial charge in [-0.15, -0.1) is 0 Å². The normalized spacial score (nSPS) is 14.0. The SMILES string of the molecule is COc1cc(CNC(=O)C2=NNC(=O)CC2)c(OC)cc1C. The fourth-order valence-electron chi connectivity index (χ4n) is 2.17. The van der Waals surface area contributed by atoms with Crippen LogP contribution < -0.4 is 20.2 Å². The van der Waals surface area contributed by atoms with Crippen LogP contribution in [0.3, 0.4) is 0 Å². The minimum atomic E-state index is -0.304. The number of hydrogen-bond donors (Lipinski definition) is 2. The van der Waals surface area contributed by atoms with Gasteiger partial charge in [-0.2, -0.15) is 5.10 Å². The molecule has 2 rings (SSSR count). The second-order valence-corrected chi connectivity index (χ2v) is 4.91. The Hall–Kier alpha value is -2.57. The van der Waals surface area contributed by atoms with Gasteiger partial charge in [-0.05, 0) is 24.6 Å². The molecule has 1 aromatic carbocycles. The van der Waals surface area contributed by atoms with Crippen molar-refractivity contribution in [2.45, 2.75) is 26.3 Å². The van der Waals surface area contributed by atoms with E-state index in [9.17, 15) is 9.59 Å². The molecule has 0 saturated carbocycles. The smallest absolute Gasteiger partial charge is 0.267 e. The molecule has 2 N–H and O–H groups in total. The number of benzene rings is 1. The lowest BCUT2D eigenvalue weighted by Crippen LogP contribution is -2.36. The van der Waals surface area contributed by atoms with Crippen molar-refractivity contribution in [3.8, 4) is 11.5 Å². The Labute approximate surface area is 128 Å². The van der Waals surface area contributed by atoms with E-state index < -0.39 is 0 Å². The Kier molecular flexibility index (Phi) is 4.98. The number of carbonyl (C=O) groups excluding carboxylic acids is 2. The first-order valence-electron chi connectivity index (χ1n) is 6.90.